The molecule has 1 saturated carbocycles. The van der Waals surface area contributed by atoms with Gasteiger partial charge < -0.3 is 5.32 Å². The SMILES string of the molecule is Cc1nnsc1CN(C)CCNC1CC1. The summed E-state index contributed by atoms with van der Waals surface area (Å²) in [4.78, 5) is 3.60. The molecule has 1 aliphatic rings. The molecule has 0 aromatic carbocycles. The van der Waals surface area contributed by atoms with E-state index >= 15 is 0 Å². The van der Waals surface area contributed by atoms with Crippen LogP contribution < -0.4 is 5.32 Å². The molecule has 4 nitrogen and oxygen atoms in total. The minimum absolute atomic E-state index is 0.810. The summed E-state index contributed by atoms with van der Waals surface area (Å²) in [5.74, 6) is 0. The first-order chi connectivity index (χ1) is 7.25. The highest BCUT2D eigenvalue weighted by molar-refractivity contribution is 7.05. The number of likely N-dealkylation sites (N-methyl/N-ethyl adjacent to an activating group) is 1. The fraction of sp³-hybridized carbons (Fsp3) is 0.800. The van der Waals surface area contributed by atoms with Crippen LogP contribution >= 0.6 is 11.5 Å². The lowest BCUT2D eigenvalue weighted by molar-refractivity contribution is 0.326. The Balaban J connectivity index is 1.67. The summed E-state index contributed by atoms with van der Waals surface area (Å²) in [5.41, 5.74) is 1.07. The van der Waals surface area contributed by atoms with Crippen molar-refractivity contribution in [3.63, 3.8) is 0 Å². The Morgan fingerprint density at radius 2 is 2.33 bits per heavy atom. The highest BCUT2D eigenvalue weighted by Gasteiger charge is 2.19. The molecule has 1 aromatic heterocycles. The first-order valence-electron chi connectivity index (χ1n) is 5.45. The lowest BCUT2D eigenvalue weighted by Crippen LogP contribution is -2.29. The molecule has 0 saturated heterocycles. The van der Waals surface area contributed by atoms with E-state index in [9.17, 15) is 0 Å². The van der Waals surface area contributed by atoms with Gasteiger partial charge in [-0.2, -0.15) is 0 Å². The maximum atomic E-state index is 4.01. The zero-order valence-electron chi connectivity index (χ0n) is 9.36. The van der Waals surface area contributed by atoms with Crippen LogP contribution in [-0.4, -0.2) is 40.7 Å². The Morgan fingerprint density at radius 3 is 2.93 bits per heavy atom. The number of nitrogens with zero attached hydrogens (tertiary/aromatic N) is 3. The van der Waals surface area contributed by atoms with Gasteiger partial charge in [-0.25, -0.2) is 0 Å². The van der Waals surface area contributed by atoms with E-state index in [4.69, 9.17) is 0 Å². The van der Waals surface area contributed by atoms with Crippen LogP contribution in [0.2, 0.25) is 0 Å². The Labute approximate surface area is 94.8 Å². The Hall–Kier alpha value is -0.520. The number of nitrogens with one attached hydrogen (secondary N) is 1. The van der Waals surface area contributed by atoms with Gasteiger partial charge in [0, 0.05) is 25.7 Å². The van der Waals surface area contributed by atoms with Crippen LogP contribution in [-0.2, 0) is 6.54 Å². The zero-order valence-corrected chi connectivity index (χ0v) is 10.2. The predicted molar refractivity (Wildman–Crippen MR) is 62.0 cm³/mol. The Morgan fingerprint density at radius 1 is 1.53 bits per heavy atom. The van der Waals surface area contributed by atoms with Crippen LogP contribution in [0.5, 0.6) is 0 Å². The molecule has 0 radical (unpaired) electrons. The predicted octanol–water partition coefficient (Wildman–Crippen LogP) is 1.03. The van der Waals surface area contributed by atoms with Crippen LogP contribution in [0.25, 0.3) is 0 Å². The quantitative estimate of drug-likeness (QED) is 0.786. The highest BCUT2D eigenvalue weighted by atomic mass is 32.1. The fourth-order valence-electron chi connectivity index (χ4n) is 1.47. The zero-order chi connectivity index (χ0) is 10.7. The molecule has 1 aliphatic carbocycles. The molecule has 5 heteroatoms. The molecule has 0 spiro atoms. The second-order valence-electron chi connectivity index (χ2n) is 4.25. The van der Waals surface area contributed by atoms with Crippen LogP contribution in [0.4, 0.5) is 0 Å². The topological polar surface area (TPSA) is 41.1 Å². The maximum absolute atomic E-state index is 4.01. The molecule has 1 fully saturated rings. The van der Waals surface area contributed by atoms with E-state index in [0.29, 0.717) is 0 Å². The molecule has 1 aromatic rings. The van der Waals surface area contributed by atoms with Crippen molar-refractivity contribution in [3.8, 4) is 0 Å². The van der Waals surface area contributed by atoms with Crippen molar-refractivity contribution in [1.82, 2.24) is 19.8 Å². The summed E-state index contributed by atoms with van der Waals surface area (Å²) in [7, 11) is 2.15. The van der Waals surface area contributed by atoms with Gasteiger partial charge in [0.1, 0.15) is 0 Å². The molecule has 15 heavy (non-hydrogen) atoms. The summed E-state index contributed by atoms with van der Waals surface area (Å²) in [6, 6.07) is 0.810. The molecular weight excluding hydrogens is 208 g/mol. The molecule has 0 bridgehead atoms. The summed E-state index contributed by atoms with van der Waals surface area (Å²) in [5, 5.41) is 7.53. The van der Waals surface area contributed by atoms with Crippen molar-refractivity contribution in [2.24, 2.45) is 0 Å². The fourth-order valence-corrected chi connectivity index (χ4v) is 2.18. The molecule has 84 valence electrons. The summed E-state index contributed by atoms with van der Waals surface area (Å²) in [6.45, 7) is 5.17. The molecule has 0 aliphatic heterocycles. The molecular formula is C10H18N4S. The average molecular weight is 226 g/mol. The average Bonchev–Trinajstić information content (AvgIpc) is 2.93. The number of aromatic nitrogens is 2. The van der Waals surface area contributed by atoms with Gasteiger partial charge in [-0.3, -0.25) is 4.90 Å². The van der Waals surface area contributed by atoms with Crippen molar-refractivity contribution < 1.29 is 0 Å². The van der Waals surface area contributed by atoms with Crippen molar-refractivity contribution in [2.45, 2.75) is 32.4 Å². The minimum Gasteiger partial charge on any atom is -0.313 e. The van der Waals surface area contributed by atoms with Gasteiger partial charge in [-0.1, -0.05) is 4.49 Å². The van der Waals surface area contributed by atoms with Gasteiger partial charge in [0.05, 0.1) is 10.6 Å². The van der Waals surface area contributed by atoms with Crippen molar-refractivity contribution >= 4 is 11.5 Å². The van der Waals surface area contributed by atoms with Gasteiger partial charge in [0.15, 0.2) is 0 Å². The van der Waals surface area contributed by atoms with Crippen molar-refractivity contribution in [3.05, 3.63) is 10.6 Å². The smallest absolute Gasteiger partial charge is 0.0769 e. The first kappa shape index (κ1) is 11.0. The van der Waals surface area contributed by atoms with Gasteiger partial charge >= 0.3 is 0 Å². The number of hydrogen-bond acceptors (Lipinski definition) is 5. The Bertz CT molecular complexity index is 308. The normalized spacial score (nSPS) is 16.2. The summed E-state index contributed by atoms with van der Waals surface area (Å²) in [6.07, 6.45) is 2.73. The third-order valence-corrected chi connectivity index (χ3v) is 3.47. The monoisotopic (exact) mass is 226 g/mol. The summed E-state index contributed by atoms with van der Waals surface area (Å²) >= 11 is 1.51. The van der Waals surface area contributed by atoms with E-state index in [0.717, 1.165) is 31.4 Å². The van der Waals surface area contributed by atoms with Crippen molar-refractivity contribution in [1.29, 1.82) is 0 Å². The number of aryl methyl sites for hydroxylation is 1. The molecule has 1 N–H and O–H groups in total. The molecule has 2 rings (SSSR count). The lowest BCUT2D eigenvalue weighted by Gasteiger charge is -2.15. The number of hydrogen-bond donors (Lipinski definition) is 1. The second-order valence-corrected chi connectivity index (χ2v) is 5.09. The molecule has 0 atom stereocenters. The summed E-state index contributed by atoms with van der Waals surface area (Å²) < 4.78 is 3.94. The molecule has 0 unspecified atom stereocenters. The first-order valence-corrected chi connectivity index (χ1v) is 6.23. The van der Waals surface area contributed by atoms with Crippen LogP contribution in [0, 0.1) is 6.92 Å². The maximum Gasteiger partial charge on any atom is 0.0769 e. The van der Waals surface area contributed by atoms with E-state index in [1.807, 2.05) is 6.92 Å². The van der Waals surface area contributed by atoms with E-state index in [-0.39, 0.29) is 0 Å². The second kappa shape index (κ2) is 5.01. The third-order valence-electron chi connectivity index (χ3n) is 2.66. The third kappa shape index (κ3) is 3.52. The lowest BCUT2D eigenvalue weighted by atomic mass is 10.3. The van der Waals surface area contributed by atoms with E-state index in [1.54, 1.807) is 0 Å². The Kier molecular flexibility index (Phi) is 3.66. The van der Waals surface area contributed by atoms with E-state index in [1.165, 1.54) is 29.3 Å². The van der Waals surface area contributed by atoms with Gasteiger partial charge in [0.2, 0.25) is 0 Å². The number of rotatable bonds is 6. The van der Waals surface area contributed by atoms with Gasteiger partial charge in [-0.15, -0.1) is 5.10 Å². The van der Waals surface area contributed by atoms with E-state index in [2.05, 4.69) is 26.9 Å². The van der Waals surface area contributed by atoms with Crippen molar-refractivity contribution in [2.75, 3.05) is 20.1 Å². The molecule has 0 amide bonds. The highest BCUT2D eigenvalue weighted by Crippen LogP contribution is 2.18. The van der Waals surface area contributed by atoms with Crippen LogP contribution in [0.1, 0.15) is 23.4 Å². The van der Waals surface area contributed by atoms with Gasteiger partial charge in [-0.05, 0) is 38.3 Å². The van der Waals surface area contributed by atoms with Crippen LogP contribution in [0.15, 0.2) is 0 Å². The van der Waals surface area contributed by atoms with E-state index < -0.39 is 0 Å². The van der Waals surface area contributed by atoms with Crippen LogP contribution in [0.3, 0.4) is 0 Å². The van der Waals surface area contributed by atoms with Gasteiger partial charge in [0.25, 0.3) is 0 Å². The standard InChI is InChI=1S/C10H18N4S/c1-8-10(15-13-12-8)7-14(2)6-5-11-9-3-4-9/h9,11H,3-7H2,1-2H3. The largest absolute Gasteiger partial charge is 0.313 e. The minimum atomic E-state index is 0.810. The molecule has 1 heterocycles.